The van der Waals surface area contributed by atoms with E-state index >= 15 is 0 Å². The molecule has 2 N–H and O–H groups in total. The molecule has 2 aromatic carbocycles. The number of hydrogen-bond donors (Lipinski definition) is 2. The topological polar surface area (TPSA) is 62.0 Å². The van der Waals surface area contributed by atoms with Crippen molar-refractivity contribution in [1.82, 2.24) is 10.3 Å². The number of nitrogens with one attached hydrogen (secondary N) is 2. The molecule has 0 saturated heterocycles. The number of carbonyl (C=O) groups is 1. The van der Waals surface area contributed by atoms with E-state index in [1.165, 1.54) is 6.20 Å². The molecule has 24 heavy (non-hydrogen) atoms. The largest absolute Gasteiger partial charge is 0.345 e. The van der Waals surface area contributed by atoms with Gasteiger partial charge in [0.1, 0.15) is 0 Å². The summed E-state index contributed by atoms with van der Waals surface area (Å²) in [5.74, 6) is 0.341. The van der Waals surface area contributed by atoms with Crippen LogP contribution in [-0.2, 0) is 0 Å². The predicted octanol–water partition coefficient (Wildman–Crippen LogP) is 3.41. The molecule has 0 bridgehead atoms. The first-order valence-electron chi connectivity index (χ1n) is 8.20. The zero-order valence-electron chi connectivity index (χ0n) is 13.2. The zero-order valence-corrected chi connectivity index (χ0v) is 13.2. The highest BCUT2D eigenvalue weighted by molar-refractivity contribution is 6.06. The minimum absolute atomic E-state index is 0.0180. The second-order valence-electron chi connectivity index (χ2n) is 6.28. The predicted molar refractivity (Wildman–Crippen MR) is 93.9 cm³/mol. The highest BCUT2D eigenvalue weighted by atomic mass is 16.2. The first-order chi connectivity index (χ1) is 11.7. The standard InChI is InChI=1S/C20H18N2O2/c23-19-16-9-5-4-8-15(16)17(12-21-19)20(24)22-18(14-10-11-14)13-6-2-1-3-7-13/h1-9,12,14,18H,10-11H2,(H,21,23)(H,22,24)/t18-/m1/s1. The first-order valence-corrected chi connectivity index (χ1v) is 8.20. The van der Waals surface area contributed by atoms with Gasteiger partial charge in [-0.25, -0.2) is 0 Å². The van der Waals surface area contributed by atoms with Crippen LogP contribution in [-0.4, -0.2) is 10.9 Å². The summed E-state index contributed by atoms with van der Waals surface area (Å²) >= 11 is 0. The summed E-state index contributed by atoms with van der Waals surface area (Å²) in [6.07, 6.45) is 3.77. The van der Waals surface area contributed by atoms with Crippen LogP contribution in [0.15, 0.2) is 65.6 Å². The number of amides is 1. The number of carbonyl (C=O) groups excluding carboxylic acids is 1. The molecule has 4 heteroatoms. The van der Waals surface area contributed by atoms with Crippen molar-refractivity contribution in [3.63, 3.8) is 0 Å². The molecule has 1 aliphatic rings. The van der Waals surface area contributed by atoms with Gasteiger partial charge >= 0.3 is 0 Å². The van der Waals surface area contributed by atoms with Crippen molar-refractivity contribution in [2.75, 3.05) is 0 Å². The average Bonchev–Trinajstić information content (AvgIpc) is 3.46. The third-order valence-corrected chi connectivity index (χ3v) is 4.59. The number of fused-ring (bicyclic) bond motifs is 1. The molecular formula is C20H18N2O2. The van der Waals surface area contributed by atoms with Gasteiger partial charge in [-0.2, -0.15) is 0 Å². The minimum atomic E-state index is -0.177. The Hall–Kier alpha value is -2.88. The van der Waals surface area contributed by atoms with Crippen molar-refractivity contribution in [2.24, 2.45) is 5.92 Å². The van der Waals surface area contributed by atoms with Crippen molar-refractivity contribution in [3.8, 4) is 0 Å². The van der Waals surface area contributed by atoms with Gasteiger partial charge in [-0.15, -0.1) is 0 Å². The Morgan fingerprint density at radius 1 is 1.00 bits per heavy atom. The number of benzene rings is 2. The summed E-state index contributed by atoms with van der Waals surface area (Å²) < 4.78 is 0. The Bertz CT molecular complexity index is 943. The lowest BCUT2D eigenvalue weighted by atomic mass is 10.0. The van der Waals surface area contributed by atoms with E-state index in [0.29, 0.717) is 22.3 Å². The molecule has 120 valence electrons. The van der Waals surface area contributed by atoms with Gasteiger partial charge in [0, 0.05) is 17.0 Å². The van der Waals surface area contributed by atoms with Crippen molar-refractivity contribution >= 4 is 16.7 Å². The molecule has 1 heterocycles. The molecule has 3 aromatic rings. The second-order valence-corrected chi connectivity index (χ2v) is 6.28. The maximum atomic E-state index is 12.9. The van der Waals surface area contributed by atoms with Gasteiger partial charge in [0.05, 0.1) is 11.6 Å². The summed E-state index contributed by atoms with van der Waals surface area (Å²) in [4.78, 5) is 27.4. The second kappa shape index (κ2) is 5.96. The lowest BCUT2D eigenvalue weighted by Crippen LogP contribution is -2.30. The lowest BCUT2D eigenvalue weighted by Gasteiger charge is -2.19. The van der Waals surface area contributed by atoms with Gasteiger partial charge in [-0.1, -0.05) is 48.5 Å². The molecule has 4 nitrogen and oxygen atoms in total. The minimum Gasteiger partial charge on any atom is -0.345 e. The van der Waals surface area contributed by atoms with Gasteiger partial charge < -0.3 is 10.3 Å². The molecular weight excluding hydrogens is 300 g/mol. The van der Waals surface area contributed by atoms with E-state index in [2.05, 4.69) is 10.3 Å². The third kappa shape index (κ3) is 2.71. The van der Waals surface area contributed by atoms with Crippen LogP contribution < -0.4 is 10.9 Å². The molecule has 1 amide bonds. The highest BCUT2D eigenvalue weighted by Crippen LogP contribution is 2.41. The number of rotatable bonds is 4. The Morgan fingerprint density at radius 3 is 2.38 bits per heavy atom. The summed E-state index contributed by atoms with van der Waals surface area (Å²) in [6, 6.07) is 17.3. The fourth-order valence-corrected chi connectivity index (χ4v) is 3.18. The van der Waals surface area contributed by atoms with Crippen LogP contribution in [0, 0.1) is 5.92 Å². The van der Waals surface area contributed by atoms with E-state index in [4.69, 9.17) is 0 Å². The Kier molecular flexibility index (Phi) is 3.65. The first kappa shape index (κ1) is 14.7. The molecule has 4 rings (SSSR count). The van der Waals surface area contributed by atoms with Gasteiger partial charge in [0.2, 0.25) is 0 Å². The fourth-order valence-electron chi connectivity index (χ4n) is 3.18. The van der Waals surface area contributed by atoms with E-state index in [1.54, 1.807) is 12.1 Å². The normalized spacial score (nSPS) is 15.2. The quantitative estimate of drug-likeness (QED) is 0.774. The molecule has 1 saturated carbocycles. The molecule has 0 aliphatic heterocycles. The number of H-pyrrole nitrogens is 1. The Labute approximate surface area is 139 Å². The zero-order chi connectivity index (χ0) is 16.5. The SMILES string of the molecule is O=C(N[C@H](c1ccccc1)C1CC1)c1c[nH]c(=O)c2ccccc12. The van der Waals surface area contributed by atoms with Crippen LogP contribution in [0.1, 0.15) is 34.8 Å². The molecule has 1 aliphatic carbocycles. The number of aromatic amines is 1. The van der Waals surface area contributed by atoms with Crippen molar-refractivity contribution < 1.29 is 4.79 Å². The van der Waals surface area contributed by atoms with Crippen LogP contribution in [0.4, 0.5) is 0 Å². The van der Waals surface area contributed by atoms with E-state index in [0.717, 1.165) is 18.4 Å². The van der Waals surface area contributed by atoms with Crippen molar-refractivity contribution in [1.29, 1.82) is 0 Å². The molecule has 0 radical (unpaired) electrons. The van der Waals surface area contributed by atoms with Crippen LogP contribution in [0.3, 0.4) is 0 Å². The molecule has 0 unspecified atom stereocenters. The Balaban J connectivity index is 1.69. The number of hydrogen-bond acceptors (Lipinski definition) is 2. The third-order valence-electron chi connectivity index (χ3n) is 4.59. The van der Waals surface area contributed by atoms with Crippen LogP contribution >= 0.6 is 0 Å². The molecule has 0 spiro atoms. The fraction of sp³-hybridized carbons (Fsp3) is 0.200. The van der Waals surface area contributed by atoms with E-state index in [1.807, 2.05) is 42.5 Å². The van der Waals surface area contributed by atoms with Crippen molar-refractivity contribution in [2.45, 2.75) is 18.9 Å². The van der Waals surface area contributed by atoms with Gasteiger partial charge in [0.15, 0.2) is 0 Å². The van der Waals surface area contributed by atoms with Gasteiger partial charge in [0.25, 0.3) is 11.5 Å². The average molecular weight is 318 g/mol. The van der Waals surface area contributed by atoms with E-state index in [9.17, 15) is 9.59 Å². The smallest absolute Gasteiger partial charge is 0.255 e. The van der Waals surface area contributed by atoms with Crippen molar-refractivity contribution in [3.05, 3.63) is 82.3 Å². The maximum absolute atomic E-state index is 12.9. The van der Waals surface area contributed by atoms with Crippen LogP contribution in [0.25, 0.3) is 10.8 Å². The summed E-state index contributed by atoms with van der Waals surface area (Å²) in [5.41, 5.74) is 1.46. The summed E-state index contributed by atoms with van der Waals surface area (Å²) in [5, 5.41) is 4.38. The van der Waals surface area contributed by atoms with Gasteiger partial charge in [-0.05, 0) is 30.4 Å². The molecule has 1 fully saturated rings. The lowest BCUT2D eigenvalue weighted by molar-refractivity contribution is 0.0933. The van der Waals surface area contributed by atoms with Crippen LogP contribution in [0.2, 0.25) is 0 Å². The number of aromatic nitrogens is 1. The number of pyridine rings is 1. The van der Waals surface area contributed by atoms with Crippen LogP contribution in [0.5, 0.6) is 0 Å². The van der Waals surface area contributed by atoms with E-state index in [-0.39, 0.29) is 17.5 Å². The van der Waals surface area contributed by atoms with E-state index < -0.39 is 0 Å². The summed E-state index contributed by atoms with van der Waals surface area (Å²) in [7, 11) is 0. The van der Waals surface area contributed by atoms with Gasteiger partial charge in [-0.3, -0.25) is 9.59 Å². The highest BCUT2D eigenvalue weighted by Gasteiger charge is 2.33. The Morgan fingerprint density at radius 2 is 1.67 bits per heavy atom. The molecule has 1 aromatic heterocycles. The summed E-state index contributed by atoms with van der Waals surface area (Å²) in [6.45, 7) is 0. The monoisotopic (exact) mass is 318 g/mol. The molecule has 1 atom stereocenters. The maximum Gasteiger partial charge on any atom is 0.255 e.